The number of aryl methyl sites for hydroxylation is 1. The van der Waals surface area contributed by atoms with Crippen LogP contribution in [0, 0.1) is 12.8 Å². The van der Waals surface area contributed by atoms with Crippen LogP contribution in [0.3, 0.4) is 0 Å². The minimum absolute atomic E-state index is 0.0847. The highest BCUT2D eigenvalue weighted by Crippen LogP contribution is 2.26. The van der Waals surface area contributed by atoms with E-state index in [0.29, 0.717) is 24.3 Å². The van der Waals surface area contributed by atoms with Crippen molar-refractivity contribution < 1.29 is 9.59 Å². The smallest absolute Gasteiger partial charge is 0.275 e. The molecule has 3 heterocycles. The number of hydrogen-bond donors (Lipinski definition) is 3. The fraction of sp³-hybridized carbons (Fsp3) is 0.348. The highest BCUT2D eigenvalue weighted by Gasteiger charge is 2.28. The fourth-order valence-corrected chi connectivity index (χ4v) is 4.10. The summed E-state index contributed by atoms with van der Waals surface area (Å²) in [6, 6.07) is 9.84. The van der Waals surface area contributed by atoms with Gasteiger partial charge in [0.25, 0.3) is 5.56 Å². The van der Waals surface area contributed by atoms with Gasteiger partial charge in [0.15, 0.2) is 0 Å². The van der Waals surface area contributed by atoms with Crippen LogP contribution in [-0.4, -0.2) is 21.4 Å². The average molecular weight is 406 g/mol. The number of nitrogens with zero attached hydrogens (tertiary/aromatic N) is 1. The van der Waals surface area contributed by atoms with Gasteiger partial charge >= 0.3 is 0 Å². The van der Waals surface area contributed by atoms with E-state index in [1.165, 1.54) is 4.57 Å². The number of fused-ring (bicyclic) bond motifs is 2. The minimum Gasteiger partial charge on any atom is -0.361 e. The van der Waals surface area contributed by atoms with Crippen LogP contribution in [-0.2, 0) is 29.1 Å². The first-order valence-electron chi connectivity index (χ1n) is 10.3. The number of hydrogen-bond acceptors (Lipinski definition) is 3. The molecule has 2 amide bonds. The van der Waals surface area contributed by atoms with Gasteiger partial charge < -0.3 is 20.2 Å². The maximum atomic E-state index is 12.9. The molecule has 1 aliphatic rings. The van der Waals surface area contributed by atoms with Crippen LogP contribution >= 0.6 is 0 Å². The van der Waals surface area contributed by atoms with Crippen molar-refractivity contribution in [3.05, 3.63) is 63.7 Å². The van der Waals surface area contributed by atoms with Gasteiger partial charge in [0, 0.05) is 29.9 Å². The number of anilines is 1. The zero-order valence-electron chi connectivity index (χ0n) is 17.2. The van der Waals surface area contributed by atoms with E-state index in [0.717, 1.165) is 34.9 Å². The zero-order valence-corrected chi connectivity index (χ0v) is 17.2. The van der Waals surface area contributed by atoms with E-state index < -0.39 is 0 Å². The van der Waals surface area contributed by atoms with E-state index in [1.807, 2.05) is 50.4 Å². The number of nitrogens with one attached hydrogen (secondary N) is 3. The van der Waals surface area contributed by atoms with Crippen LogP contribution in [0.1, 0.15) is 36.6 Å². The molecule has 3 N–H and O–H groups in total. The lowest BCUT2D eigenvalue weighted by atomic mass is 9.90. The van der Waals surface area contributed by atoms with Gasteiger partial charge in [-0.3, -0.25) is 14.4 Å². The molecule has 0 saturated heterocycles. The van der Waals surface area contributed by atoms with Crippen LogP contribution in [0.15, 0.2) is 41.3 Å². The Labute approximate surface area is 174 Å². The van der Waals surface area contributed by atoms with Crippen molar-refractivity contribution in [3.8, 4) is 0 Å². The summed E-state index contributed by atoms with van der Waals surface area (Å²) in [5.74, 6) is -0.459. The lowest BCUT2D eigenvalue weighted by Gasteiger charge is -2.25. The second-order valence-electron chi connectivity index (χ2n) is 7.93. The molecule has 0 radical (unpaired) electrons. The van der Waals surface area contributed by atoms with Crippen molar-refractivity contribution in [3.63, 3.8) is 0 Å². The third-order valence-electron chi connectivity index (χ3n) is 5.72. The van der Waals surface area contributed by atoms with Crippen LogP contribution in [0.4, 0.5) is 5.69 Å². The lowest BCUT2D eigenvalue weighted by Crippen LogP contribution is -2.39. The van der Waals surface area contributed by atoms with Gasteiger partial charge in [-0.2, -0.15) is 0 Å². The number of carbonyl (C=O) groups is 2. The normalized spacial score (nSPS) is 15.7. The first kappa shape index (κ1) is 19.9. The average Bonchev–Trinajstić information content (AvgIpc) is 3.19. The molecule has 7 heteroatoms. The molecule has 0 bridgehead atoms. The molecule has 1 unspecified atom stereocenters. The monoisotopic (exact) mass is 406 g/mol. The second kappa shape index (κ2) is 8.18. The number of benzene rings is 1. The quantitative estimate of drug-likeness (QED) is 0.587. The highest BCUT2D eigenvalue weighted by molar-refractivity contribution is 5.95. The Hall–Kier alpha value is -3.35. The summed E-state index contributed by atoms with van der Waals surface area (Å²) in [5, 5.41) is 6.73. The maximum absolute atomic E-state index is 12.9. The first-order chi connectivity index (χ1) is 14.5. The van der Waals surface area contributed by atoms with Crippen molar-refractivity contribution in [1.82, 2.24) is 14.9 Å². The summed E-state index contributed by atoms with van der Waals surface area (Å²) < 4.78 is 1.42. The van der Waals surface area contributed by atoms with E-state index in [2.05, 4.69) is 15.6 Å². The number of pyridine rings is 1. The van der Waals surface area contributed by atoms with Gasteiger partial charge in [0.1, 0.15) is 12.2 Å². The third-order valence-corrected chi connectivity index (χ3v) is 5.72. The Morgan fingerprint density at radius 1 is 1.23 bits per heavy atom. The van der Waals surface area contributed by atoms with Crippen molar-refractivity contribution in [2.45, 2.75) is 46.2 Å². The summed E-state index contributed by atoms with van der Waals surface area (Å²) in [4.78, 5) is 40.9. The topological polar surface area (TPSA) is 96.0 Å². The predicted molar refractivity (Wildman–Crippen MR) is 116 cm³/mol. The molecule has 1 aliphatic heterocycles. The van der Waals surface area contributed by atoms with E-state index >= 15 is 0 Å². The molecule has 0 aliphatic carbocycles. The van der Waals surface area contributed by atoms with E-state index in [-0.39, 0.29) is 29.8 Å². The van der Waals surface area contributed by atoms with Crippen molar-refractivity contribution in [2.75, 3.05) is 5.32 Å². The minimum atomic E-state index is -0.322. The molecule has 3 aromatic rings. The van der Waals surface area contributed by atoms with Crippen LogP contribution in [0.25, 0.3) is 10.9 Å². The fourth-order valence-electron chi connectivity index (χ4n) is 4.10. The van der Waals surface area contributed by atoms with Gasteiger partial charge in [-0.25, -0.2) is 0 Å². The van der Waals surface area contributed by atoms with Crippen LogP contribution in [0.5, 0.6) is 0 Å². The summed E-state index contributed by atoms with van der Waals surface area (Å²) in [7, 11) is 0. The van der Waals surface area contributed by atoms with E-state index in [4.69, 9.17) is 0 Å². The lowest BCUT2D eigenvalue weighted by molar-refractivity contribution is -0.122. The Morgan fingerprint density at radius 2 is 2.07 bits per heavy atom. The Kier molecular flexibility index (Phi) is 5.44. The molecular weight excluding hydrogens is 380 g/mol. The number of carbonyl (C=O) groups excluding carboxylic acids is 2. The molecule has 0 fully saturated rings. The molecule has 30 heavy (non-hydrogen) atoms. The molecule has 4 rings (SSSR count). The van der Waals surface area contributed by atoms with Crippen LogP contribution < -0.4 is 16.2 Å². The number of aromatic amines is 1. The molecule has 2 aromatic heterocycles. The van der Waals surface area contributed by atoms with E-state index in [9.17, 15) is 14.4 Å². The molecule has 0 saturated carbocycles. The maximum Gasteiger partial charge on any atom is 0.275 e. The summed E-state index contributed by atoms with van der Waals surface area (Å²) in [6.45, 7) is 4.16. The van der Waals surface area contributed by atoms with Gasteiger partial charge in [0.2, 0.25) is 11.8 Å². The van der Waals surface area contributed by atoms with Gasteiger partial charge in [-0.15, -0.1) is 0 Å². The summed E-state index contributed by atoms with van der Waals surface area (Å²) in [6.07, 6.45) is 4.16. The van der Waals surface area contributed by atoms with Crippen LogP contribution in [0.2, 0.25) is 0 Å². The Balaban J connectivity index is 1.47. The first-order valence-corrected chi connectivity index (χ1v) is 10.3. The Bertz CT molecular complexity index is 1170. The number of H-pyrrole nitrogens is 1. The molecule has 156 valence electrons. The predicted octanol–water partition coefficient (Wildman–Crippen LogP) is 2.87. The summed E-state index contributed by atoms with van der Waals surface area (Å²) >= 11 is 0. The largest absolute Gasteiger partial charge is 0.361 e. The van der Waals surface area contributed by atoms with Gasteiger partial charge in [0.05, 0.1) is 0 Å². The molecule has 7 nitrogen and oxygen atoms in total. The molecule has 1 atom stereocenters. The molecule has 1 aromatic carbocycles. The van der Waals surface area contributed by atoms with Gasteiger partial charge in [-0.05, 0) is 60.5 Å². The second-order valence-corrected chi connectivity index (χ2v) is 7.93. The number of rotatable bonds is 6. The summed E-state index contributed by atoms with van der Waals surface area (Å²) in [5.41, 5.74) is 3.59. The van der Waals surface area contributed by atoms with E-state index in [1.54, 1.807) is 0 Å². The zero-order chi connectivity index (χ0) is 21.3. The Morgan fingerprint density at radius 3 is 2.87 bits per heavy atom. The molecular formula is C23H26N4O3. The number of aromatic nitrogens is 2. The van der Waals surface area contributed by atoms with Crippen molar-refractivity contribution in [2.24, 2.45) is 5.92 Å². The molecule has 0 spiro atoms. The van der Waals surface area contributed by atoms with Gasteiger partial charge in [-0.1, -0.05) is 19.4 Å². The standard InChI is InChI=1S/C23H26N4O3/c1-3-4-17-11-18-9-14(2)27(23(30)21(18)26-22(17)29)13-20(28)25-12-15-5-6-19-16(10-15)7-8-24-19/h5-10,17,24H,3-4,11-13H2,1-2H3,(H,25,28)(H,26,29). The van der Waals surface area contributed by atoms with Crippen molar-refractivity contribution in [1.29, 1.82) is 0 Å². The third kappa shape index (κ3) is 3.87. The SMILES string of the molecule is CCCC1Cc2cc(C)n(CC(=O)NCc3ccc4[nH]ccc4c3)c(=O)c2NC1=O. The van der Waals surface area contributed by atoms with Crippen molar-refractivity contribution >= 4 is 28.4 Å². The highest BCUT2D eigenvalue weighted by atomic mass is 16.2. The number of amides is 2.